The molecule has 2 rings (SSSR count). The largest absolute Gasteiger partial charge is 0.507 e. The molecular weight excluding hydrogens is 322 g/mol. The van der Waals surface area contributed by atoms with Crippen molar-refractivity contribution in [3.05, 3.63) is 28.2 Å². The minimum absolute atomic E-state index is 0.0602. The molecule has 1 saturated carbocycles. The van der Waals surface area contributed by atoms with Crippen LogP contribution in [0.25, 0.3) is 0 Å². The molecule has 0 saturated heterocycles. The topological polar surface area (TPSA) is 69.6 Å². The molecule has 1 aromatic rings. The molecule has 5 heteroatoms. The number of phenolic OH excluding ortho intramolecular Hbond substituents is 1. The van der Waals surface area contributed by atoms with E-state index in [4.69, 9.17) is 0 Å². The molecule has 1 aromatic carbocycles. The van der Waals surface area contributed by atoms with Crippen LogP contribution in [0.5, 0.6) is 5.75 Å². The number of nitrogens with one attached hydrogen (secondary N) is 1. The molecular formula is C15H20BrNO3. The molecule has 1 amide bonds. The van der Waals surface area contributed by atoms with E-state index < -0.39 is 5.60 Å². The average Bonchev–Trinajstić information content (AvgIpc) is 2.43. The number of hydrogen-bond donors (Lipinski definition) is 3. The Labute approximate surface area is 127 Å². The maximum Gasteiger partial charge on any atom is 0.255 e. The number of rotatable bonds is 3. The second-order valence-electron chi connectivity index (χ2n) is 5.75. The van der Waals surface area contributed by atoms with Gasteiger partial charge in [0.05, 0.1) is 11.2 Å². The van der Waals surface area contributed by atoms with E-state index >= 15 is 0 Å². The zero-order valence-electron chi connectivity index (χ0n) is 11.5. The Kier molecular flexibility index (Phi) is 4.70. The minimum Gasteiger partial charge on any atom is -0.507 e. The number of aromatic hydroxyl groups is 1. The summed E-state index contributed by atoms with van der Waals surface area (Å²) in [5.41, 5.74) is -0.601. The molecule has 4 nitrogen and oxygen atoms in total. The van der Waals surface area contributed by atoms with Gasteiger partial charge in [0.25, 0.3) is 5.91 Å². The highest BCUT2D eigenvalue weighted by Crippen LogP contribution is 2.31. The molecule has 0 bridgehead atoms. The third kappa shape index (κ3) is 3.73. The SMILES string of the molecule is CC1CCC(O)(CNC(=O)c2cc(Br)ccc2O)CC1. The smallest absolute Gasteiger partial charge is 0.255 e. The molecule has 110 valence electrons. The van der Waals surface area contributed by atoms with Crippen LogP contribution in [0, 0.1) is 5.92 Å². The third-order valence-corrected chi connectivity index (χ3v) is 4.48. The Morgan fingerprint density at radius 2 is 2.10 bits per heavy atom. The van der Waals surface area contributed by atoms with Crippen LogP contribution in [-0.2, 0) is 0 Å². The number of halogens is 1. The number of benzene rings is 1. The Hall–Kier alpha value is -1.07. The number of aliphatic hydroxyl groups is 1. The van der Waals surface area contributed by atoms with Crippen molar-refractivity contribution < 1.29 is 15.0 Å². The fraction of sp³-hybridized carbons (Fsp3) is 0.533. The van der Waals surface area contributed by atoms with Crippen molar-refractivity contribution in [2.75, 3.05) is 6.54 Å². The molecule has 20 heavy (non-hydrogen) atoms. The molecule has 0 atom stereocenters. The quantitative estimate of drug-likeness (QED) is 0.791. The molecule has 0 heterocycles. The highest BCUT2D eigenvalue weighted by Gasteiger charge is 2.32. The minimum atomic E-state index is -0.816. The van der Waals surface area contributed by atoms with Crippen molar-refractivity contribution in [3.63, 3.8) is 0 Å². The molecule has 0 radical (unpaired) electrons. The summed E-state index contributed by atoms with van der Waals surface area (Å²) in [6.07, 6.45) is 3.38. The Morgan fingerprint density at radius 1 is 1.45 bits per heavy atom. The van der Waals surface area contributed by atoms with Gasteiger partial charge in [0.15, 0.2) is 0 Å². The van der Waals surface area contributed by atoms with E-state index in [0.717, 1.165) is 17.3 Å². The fourth-order valence-electron chi connectivity index (χ4n) is 2.51. The Morgan fingerprint density at radius 3 is 2.75 bits per heavy atom. The molecule has 1 fully saturated rings. The van der Waals surface area contributed by atoms with E-state index in [9.17, 15) is 15.0 Å². The first-order valence-corrected chi connectivity index (χ1v) is 7.68. The van der Waals surface area contributed by atoms with Crippen LogP contribution in [0.3, 0.4) is 0 Å². The summed E-state index contributed by atoms with van der Waals surface area (Å²) in [7, 11) is 0. The normalized spacial score (nSPS) is 26.2. The monoisotopic (exact) mass is 341 g/mol. The van der Waals surface area contributed by atoms with Crippen molar-refractivity contribution in [3.8, 4) is 5.75 Å². The van der Waals surface area contributed by atoms with Crippen LogP contribution >= 0.6 is 15.9 Å². The maximum absolute atomic E-state index is 12.1. The van der Waals surface area contributed by atoms with Crippen molar-refractivity contribution >= 4 is 21.8 Å². The van der Waals surface area contributed by atoms with Gasteiger partial charge in [-0.05, 0) is 49.8 Å². The van der Waals surface area contributed by atoms with E-state index in [1.807, 2.05) is 0 Å². The molecule has 0 spiro atoms. The molecule has 1 aliphatic rings. The molecule has 0 aliphatic heterocycles. The Bertz CT molecular complexity index is 496. The number of phenols is 1. The van der Waals surface area contributed by atoms with Crippen LogP contribution < -0.4 is 5.32 Å². The highest BCUT2D eigenvalue weighted by atomic mass is 79.9. The van der Waals surface area contributed by atoms with Gasteiger partial charge in [0.1, 0.15) is 5.75 Å². The van der Waals surface area contributed by atoms with Gasteiger partial charge in [-0.25, -0.2) is 0 Å². The molecule has 3 N–H and O–H groups in total. The van der Waals surface area contributed by atoms with E-state index in [-0.39, 0.29) is 23.8 Å². The first kappa shape index (κ1) is 15.3. The van der Waals surface area contributed by atoms with Crippen LogP contribution in [0.4, 0.5) is 0 Å². The van der Waals surface area contributed by atoms with Crippen LogP contribution in [-0.4, -0.2) is 28.3 Å². The number of amides is 1. The lowest BCUT2D eigenvalue weighted by molar-refractivity contribution is -0.00542. The number of carbonyl (C=O) groups excluding carboxylic acids is 1. The summed E-state index contributed by atoms with van der Waals surface area (Å²) in [5, 5.41) is 22.8. The summed E-state index contributed by atoms with van der Waals surface area (Å²) in [6, 6.07) is 4.70. The summed E-state index contributed by atoms with van der Waals surface area (Å²) >= 11 is 3.27. The predicted molar refractivity (Wildman–Crippen MR) is 80.7 cm³/mol. The standard InChI is InChI=1S/C15H20BrNO3/c1-10-4-6-15(20,7-5-10)9-17-14(19)12-8-11(16)2-3-13(12)18/h2-3,8,10,18,20H,4-7,9H2,1H3,(H,17,19). The second kappa shape index (κ2) is 6.14. The van der Waals surface area contributed by atoms with Gasteiger partial charge < -0.3 is 15.5 Å². The predicted octanol–water partition coefficient (Wildman–Crippen LogP) is 2.83. The zero-order chi connectivity index (χ0) is 14.8. The average molecular weight is 342 g/mol. The van der Waals surface area contributed by atoms with E-state index in [1.165, 1.54) is 6.07 Å². The van der Waals surface area contributed by atoms with Gasteiger partial charge >= 0.3 is 0 Å². The van der Waals surface area contributed by atoms with E-state index in [0.29, 0.717) is 18.8 Å². The Balaban J connectivity index is 1.97. The third-order valence-electron chi connectivity index (χ3n) is 3.99. The zero-order valence-corrected chi connectivity index (χ0v) is 13.1. The maximum atomic E-state index is 12.1. The van der Waals surface area contributed by atoms with Gasteiger partial charge in [-0.2, -0.15) is 0 Å². The van der Waals surface area contributed by atoms with Gasteiger partial charge in [0.2, 0.25) is 0 Å². The molecule has 0 aromatic heterocycles. The van der Waals surface area contributed by atoms with Gasteiger partial charge in [0, 0.05) is 11.0 Å². The summed E-state index contributed by atoms with van der Waals surface area (Å²) < 4.78 is 0.727. The van der Waals surface area contributed by atoms with Crippen LogP contribution in [0.2, 0.25) is 0 Å². The lowest BCUT2D eigenvalue weighted by atomic mass is 9.79. The van der Waals surface area contributed by atoms with E-state index in [1.54, 1.807) is 12.1 Å². The lowest BCUT2D eigenvalue weighted by Crippen LogP contribution is -2.45. The highest BCUT2D eigenvalue weighted by molar-refractivity contribution is 9.10. The van der Waals surface area contributed by atoms with Crippen LogP contribution in [0.15, 0.2) is 22.7 Å². The van der Waals surface area contributed by atoms with Crippen molar-refractivity contribution in [1.82, 2.24) is 5.32 Å². The van der Waals surface area contributed by atoms with Crippen molar-refractivity contribution in [2.45, 2.75) is 38.2 Å². The fourth-order valence-corrected chi connectivity index (χ4v) is 2.87. The second-order valence-corrected chi connectivity index (χ2v) is 6.67. The number of carbonyl (C=O) groups is 1. The number of hydrogen-bond acceptors (Lipinski definition) is 3. The summed E-state index contributed by atoms with van der Waals surface area (Å²) in [6.45, 7) is 2.40. The van der Waals surface area contributed by atoms with Crippen LogP contribution in [0.1, 0.15) is 43.0 Å². The lowest BCUT2D eigenvalue weighted by Gasteiger charge is -2.34. The molecule has 0 unspecified atom stereocenters. The van der Waals surface area contributed by atoms with Gasteiger partial charge in [-0.3, -0.25) is 4.79 Å². The molecule has 1 aliphatic carbocycles. The summed E-state index contributed by atoms with van der Waals surface area (Å²) in [4.78, 5) is 12.1. The summed E-state index contributed by atoms with van der Waals surface area (Å²) in [5.74, 6) is 0.214. The first-order valence-electron chi connectivity index (χ1n) is 6.89. The van der Waals surface area contributed by atoms with Crippen molar-refractivity contribution in [2.24, 2.45) is 5.92 Å². The van der Waals surface area contributed by atoms with E-state index in [2.05, 4.69) is 28.2 Å². The first-order chi connectivity index (χ1) is 9.39. The van der Waals surface area contributed by atoms with Crippen molar-refractivity contribution in [1.29, 1.82) is 0 Å². The van der Waals surface area contributed by atoms with Gasteiger partial charge in [-0.1, -0.05) is 22.9 Å². The van der Waals surface area contributed by atoms with Gasteiger partial charge in [-0.15, -0.1) is 0 Å².